The van der Waals surface area contributed by atoms with E-state index in [1.165, 1.54) is 48.5 Å². The maximum atomic E-state index is 13.3. The first-order valence-corrected chi connectivity index (χ1v) is 10.5. The Balaban J connectivity index is 1.91. The average Bonchev–Trinajstić information content (AvgIpc) is 3.13. The molecule has 3 rings (SSSR count). The number of amides is 1. The maximum Gasteiger partial charge on any atom is 0.387 e. The zero-order chi connectivity index (χ0) is 20.4. The van der Waals surface area contributed by atoms with Gasteiger partial charge in [0.1, 0.15) is 5.75 Å². The van der Waals surface area contributed by atoms with Gasteiger partial charge in [-0.25, -0.2) is 8.42 Å². The zero-order valence-electron chi connectivity index (χ0n) is 14.7. The van der Waals surface area contributed by atoms with E-state index in [9.17, 15) is 22.0 Å². The molecule has 1 N–H and O–H groups in total. The number of carbonyl (C=O) groups is 1. The van der Waals surface area contributed by atoms with Crippen LogP contribution in [-0.4, -0.2) is 25.7 Å². The molecule has 5 nitrogen and oxygen atoms in total. The molecule has 0 aliphatic heterocycles. The van der Waals surface area contributed by atoms with Crippen LogP contribution in [0.5, 0.6) is 5.75 Å². The fraction of sp³-hybridized carbons (Fsp3) is 0.316. The van der Waals surface area contributed by atoms with Gasteiger partial charge >= 0.3 is 6.61 Å². The van der Waals surface area contributed by atoms with Gasteiger partial charge in [0, 0.05) is 16.8 Å². The number of halogens is 3. The van der Waals surface area contributed by atoms with Gasteiger partial charge in [0.25, 0.3) is 0 Å². The van der Waals surface area contributed by atoms with Crippen LogP contribution in [0.15, 0.2) is 53.4 Å². The molecule has 0 bridgehead atoms. The van der Waals surface area contributed by atoms with Gasteiger partial charge in [0.05, 0.1) is 4.90 Å². The predicted molar refractivity (Wildman–Crippen MR) is 102 cm³/mol. The van der Waals surface area contributed by atoms with Gasteiger partial charge in [-0.05, 0) is 49.2 Å². The molecular weight excluding hydrogens is 412 g/mol. The number of sulfone groups is 1. The van der Waals surface area contributed by atoms with E-state index in [2.05, 4.69) is 10.1 Å². The Morgan fingerprint density at radius 2 is 1.75 bits per heavy atom. The lowest BCUT2D eigenvalue weighted by Crippen LogP contribution is -2.47. The van der Waals surface area contributed by atoms with E-state index in [0.29, 0.717) is 17.9 Å². The highest BCUT2D eigenvalue weighted by Crippen LogP contribution is 2.41. The molecular formula is C19H18ClF2NO4S. The minimum atomic E-state index is -3.99. The van der Waals surface area contributed by atoms with Crippen molar-refractivity contribution >= 4 is 33.0 Å². The summed E-state index contributed by atoms with van der Waals surface area (Å²) in [6, 6.07) is 11.1. The average molecular weight is 430 g/mol. The SMILES string of the molecule is O=C(Nc1cccc(OC(F)F)c1)C1(S(=O)(=O)c2ccc(Cl)cc2)CCCC1. The minimum absolute atomic E-state index is 0.0173. The Bertz CT molecular complexity index is 958. The van der Waals surface area contributed by atoms with Gasteiger partial charge in [-0.2, -0.15) is 8.78 Å². The van der Waals surface area contributed by atoms with Gasteiger partial charge in [-0.15, -0.1) is 0 Å². The summed E-state index contributed by atoms with van der Waals surface area (Å²) in [4.78, 5) is 13.1. The molecule has 1 amide bonds. The molecule has 0 atom stereocenters. The van der Waals surface area contributed by atoms with Crippen molar-refractivity contribution in [2.24, 2.45) is 0 Å². The lowest BCUT2D eigenvalue weighted by molar-refractivity contribution is -0.118. The van der Waals surface area contributed by atoms with E-state index in [-0.39, 0.29) is 29.2 Å². The van der Waals surface area contributed by atoms with Crippen LogP contribution in [0.4, 0.5) is 14.5 Å². The van der Waals surface area contributed by atoms with E-state index in [4.69, 9.17) is 11.6 Å². The number of hydrogen-bond donors (Lipinski definition) is 1. The predicted octanol–water partition coefficient (Wildman–Crippen LogP) is 4.67. The van der Waals surface area contributed by atoms with Crippen LogP contribution < -0.4 is 10.1 Å². The largest absolute Gasteiger partial charge is 0.435 e. The van der Waals surface area contributed by atoms with Gasteiger partial charge in [0.15, 0.2) is 14.6 Å². The highest BCUT2D eigenvalue weighted by atomic mass is 35.5. The Morgan fingerprint density at radius 3 is 2.36 bits per heavy atom. The van der Waals surface area contributed by atoms with Crippen molar-refractivity contribution in [2.45, 2.75) is 41.9 Å². The lowest BCUT2D eigenvalue weighted by Gasteiger charge is -2.27. The molecule has 0 aromatic heterocycles. The number of carbonyl (C=O) groups excluding carboxylic acids is 1. The van der Waals surface area contributed by atoms with Crippen LogP contribution >= 0.6 is 11.6 Å². The monoisotopic (exact) mass is 429 g/mol. The number of alkyl halides is 2. The van der Waals surface area contributed by atoms with Crippen molar-refractivity contribution < 1.29 is 26.7 Å². The first kappa shape index (κ1) is 20.5. The molecule has 0 unspecified atom stereocenters. The van der Waals surface area contributed by atoms with E-state index in [1.807, 2.05) is 0 Å². The van der Waals surface area contributed by atoms with Gasteiger partial charge in [0.2, 0.25) is 5.91 Å². The van der Waals surface area contributed by atoms with Crippen LogP contribution in [0.1, 0.15) is 25.7 Å². The summed E-state index contributed by atoms with van der Waals surface area (Å²) in [5, 5.41) is 2.95. The summed E-state index contributed by atoms with van der Waals surface area (Å²) >= 11 is 5.84. The second-order valence-electron chi connectivity index (χ2n) is 6.52. The van der Waals surface area contributed by atoms with Crippen LogP contribution in [0.2, 0.25) is 5.02 Å². The molecule has 1 saturated carbocycles. The molecule has 1 fully saturated rings. The minimum Gasteiger partial charge on any atom is -0.435 e. The molecule has 150 valence electrons. The number of rotatable bonds is 6. The first-order chi connectivity index (χ1) is 13.2. The quantitative estimate of drug-likeness (QED) is 0.724. The van der Waals surface area contributed by atoms with Crippen LogP contribution in [0, 0.1) is 0 Å². The van der Waals surface area contributed by atoms with E-state index in [0.717, 1.165) is 0 Å². The van der Waals surface area contributed by atoms with E-state index in [1.54, 1.807) is 0 Å². The highest BCUT2D eigenvalue weighted by Gasteiger charge is 2.52. The molecule has 2 aromatic rings. The van der Waals surface area contributed by atoms with Crippen molar-refractivity contribution in [3.05, 3.63) is 53.6 Å². The number of nitrogens with one attached hydrogen (secondary N) is 1. The summed E-state index contributed by atoms with van der Waals surface area (Å²) in [6.45, 7) is -3.00. The molecule has 1 aliphatic carbocycles. The molecule has 9 heteroatoms. The summed E-state index contributed by atoms with van der Waals surface area (Å²) in [5.74, 6) is -0.817. The smallest absolute Gasteiger partial charge is 0.387 e. The fourth-order valence-corrected chi connectivity index (χ4v) is 5.59. The second-order valence-corrected chi connectivity index (χ2v) is 9.22. The summed E-state index contributed by atoms with van der Waals surface area (Å²) < 4.78 is 54.1. The highest BCUT2D eigenvalue weighted by molar-refractivity contribution is 7.93. The maximum absolute atomic E-state index is 13.3. The molecule has 1 aliphatic rings. The number of hydrogen-bond acceptors (Lipinski definition) is 4. The normalized spacial score (nSPS) is 16.1. The lowest BCUT2D eigenvalue weighted by atomic mass is 10.1. The third-order valence-electron chi connectivity index (χ3n) is 4.78. The standard InChI is InChI=1S/C19H18ClF2NO4S/c20-13-6-8-16(9-7-13)28(25,26)19(10-1-2-11-19)17(24)23-14-4-3-5-15(12-14)27-18(21)22/h3-9,12,18H,1-2,10-11H2,(H,23,24). The number of anilines is 1. The summed E-state index contributed by atoms with van der Waals surface area (Å²) in [5.41, 5.74) is 0.181. The Morgan fingerprint density at radius 1 is 1.11 bits per heavy atom. The van der Waals surface area contributed by atoms with Gasteiger partial charge < -0.3 is 10.1 Å². The second kappa shape index (κ2) is 8.05. The van der Waals surface area contributed by atoms with Crippen molar-refractivity contribution in [3.63, 3.8) is 0 Å². The zero-order valence-corrected chi connectivity index (χ0v) is 16.3. The van der Waals surface area contributed by atoms with Crippen LogP contribution in [0.3, 0.4) is 0 Å². The van der Waals surface area contributed by atoms with Crippen molar-refractivity contribution in [1.29, 1.82) is 0 Å². The third-order valence-corrected chi connectivity index (χ3v) is 7.55. The Labute approximate surface area is 166 Å². The molecule has 2 aromatic carbocycles. The molecule has 0 saturated heterocycles. The van der Waals surface area contributed by atoms with Crippen molar-refractivity contribution in [1.82, 2.24) is 0 Å². The molecule has 28 heavy (non-hydrogen) atoms. The molecule has 0 radical (unpaired) electrons. The molecule has 0 spiro atoms. The topological polar surface area (TPSA) is 72.5 Å². The van der Waals surface area contributed by atoms with Crippen LogP contribution in [-0.2, 0) is 14.6 Å². The van der Waals surface area contributed by atoms with Gasteiger partial charge in [-0.1, -0.05) is 30.5 Å². The summed E-state index contributed by atoms with van der Waals surface area (Å²) in [6.07, 6.45) is 1.54. The number of ether oxygens (including phenoxy) is 1. The van der Waals surface area contributed by atoms with Crippen molar-refractivity contribution in [2.75, 3.05) is 5.32 Å². The fourth-order valence-electron chi connectivity index (χ4n) is 3.40. The summed E-state index contributed by atoms with van der Waals surface area (Å²) in [7, 11) is -3.99. The van der Waals surface area contributed by atoms with E-state index >= 15 is 0 Å². The third kappa shape index (κ3) is 3.98. The van der Waals surface area contributed by atoms with Crippen LogP contribution in [0.25, 0.3) is 0 Å². The Hall–Kier alpha value is -2.19. The number of benzene rings is 2. The van der Waals surface area contributed by atoms with E-state index < -0.39 is 27.1 Å². The molecule has 0 heterocycles. The van der Waals surface area contributed by atoms with Crippen molar-refractivity contribution in [3.8, 4) is 5.75 Å². The Kier molecular flexibility index (Phi) is 5.90. The van der Waals surface area contributed by atoms with Gasteiger partial charge in [-0.3, -0.25) is 4.79 Å². The first-order valence-electron chi connectivity index (χ1n) is 8.61.